The van der Waals surface area contributed by atoms with Crippen LogP contribution in [-0.4, -0.2) is 17.9 Å². The van der Waals surface area contributed by atoms with Gasteiger partial charge in [-0.25, -0.2) is 0 Å². The first-order chi connectivity index (χ1) is 8.68. The number of nitrogens with zero attached hydrogens (tertiary/aromatic N) is 1. The van der Waals surface area contributed by atoms with Crippen LogP contribution in [0.3, 0.4) is 0 Å². The number of amides is 1. The maximum absolute atomic E-state index is 12.2. The molecule has 0 radical (unpaired) electrons. The van der Waals surface area contributed by atoms with Crippen LogP contribution in [-0.2, 0) is 6.54 Å². The lowest BCUT2D eigenvalue weighted by atomic mass is 10.1. The molecule has 2 aromatic carbocycles. The summed E-state index contributed by atoms with van der Waals surface area (Å²) < 4.78 is 0. The molecule has 0 aromatic heterocycles. The van der Waals surface area contributed by atoms with Crippen LogP contribution in [0, 0.1) is 6.92 Å². The van der Waals surface area contributed by atoms with Crippen molar-refractivity contribution in [3.8, 4) is 0 Å². The number of aryl methyl sites for hydroxylation is 1. The van der Waals surface area contributed by atoms with Gasteiger partial charge in [-0.3, -0.25) is 4.79 Å². The van der Waals surface area contributed by atoms with E-state index in [1.807, 2.05) is 49.5 Å². The van der Waals surface area contributed by atoms with Crippen molar-refractivity contribution in [2.24, 2.45) is 0 Å². The van der Waals surface area contributed by atoms with Crippen molar-refractivity contribution in [1.82, 2.24) is 4.90 Å². The van der Waals surface area contributed by atoms with Crippen LogP contribution in [0.5, 0.6) is 0 Å². The Kier molecular flexibility index (Phi) is 3.78. The van der Waals surface area contributed by atoms with Gasteiger partial charge in [-0.15, -0.1) is 0 Å². The molecule has 0 unspecified atom stereocenters. The molecule has 2 heteroatoms. The van der Waals surface area contributed by atoms with E-state index in [0.29, 0.717) is 6.54 Å². The first-order valence-electron chi connectivity index (χ1n) is 6.03. The summed E-state index contributed by atoms with van der Waals surface area (Å²) in [6, 6.07) is 17.5. The number of hydrogen-bond donors (Lipinski definition) is 0. The van der Waals surface area contributed by atoms with Gasteiger partial charge in [0.2, 0.25) is 0 Å². The molecule has 0 aliphatic heterocycles. The molecule has 2 rings (SSSR count). The molecule has 2 aromatic rings. The summed E-state index contributed by atoms with van der Waals surface area (Å²) in [6.07, 6.45) is 0. The van der Waals surface area contributed by atoms with Gasteiger partial charge in [0.1, 0.15) is 0 Å². The molecule has 0 atom stereocenters. The van der Waals surface area contributed by atoms with E-state index in [4.69, 9.17) is 0 Å². The van der Waals surface area contributed by atoms with Gasteiger partial charge in [0.15, 0.2) is 0 Å². The molecule has 2 nitrogen and oxygen atoms in total. The molecular formula is C16H17NO. The van der Waals surface area contributed by atoms with Gasteiger partial charge >= 0.3 is 0 Å². The zero-order chi connectivity index (χ0) is 13.0. The van der Waals surface area contributed by atoms with Gasteiger partial charge in [-0.2, -0.15) is 0 Å². The predicted molar refractivity (Wildman–Crippen MR) is 73.4 cm³/mol. The Morgan fingerprint density at radius 3 is 2.28 bits per heavy atom. The second kappa shape index (κ2) is 5.50. The summed E-state index contributed by atoms with van der Waals surface area (Å²) >= 11 is 0. The zero-order valence-corrected chi connectivity index (χ0v) is 10.8. The molecule has 0 saturated heterocycles. The highest BCUT2D eigenvalue weighted by molar-refractivity contribution is 5.93. The Hall–Kier alpha value is -2.09. The predicted octanol–water partition coefficient (Wildman–Crippen LogP) is 3.27. The molecular weight excluding hydrogens is 222 g/mol. The van der Waals surface area contributed by atoms with Crippen LogP contribution in [0.25, 0.3) is 0 Å². The minimum Gasteiger partial charge on any atom is -0.337 e. The van der Waals surface area contributed by atoms with Crippen molar-refractivity contribution in [1.29, 1.82) is 0 Å². The Balaban J connectivity index is 2.11. The lowest BCUT2D eigenvalue weighted by Crippen LogP contribution is -2.26. The highest BCUT2D eigenvalue weighted by Crippen LogP contribution is 2.11. The molecule has 0 heterocycles. The molecule has 1 amide bonds. The van der Waals surface area contributed by atoms with Gasteiger partial charge in [-0.1, -0.05) is 42.5 Å². The highest BCUT2D eigenvalue weighted by atomic mass is 16.2. The van der Waals surface area contributed by atoms with Crippen LogP contribution >= 0.6 is 0 Å². The zero-order valence-electron chi connectivity index (χ0n) is 10.8. The van der Waals surface area contributed by atoms with E-state index in [-0.39, 0.29) is 5.91 Å². The highest BCUT2D eigenvalue weighted by Gasteiger charge is 2.11. The van der Waals surface area contributed by atoms with E-state index in [1.165, 1.54) is 11.1 Å². The smallest absolute Gasteiger partial charge is 0.253 e. The molecule has 0 spiro atoms. The van der Waals surface area contributed by atoms with Crippen molar-refractivity contribution in [3.63, 3.8) is 0 Å². The first-order valence-corrected chi connectivity index (χ1v) is 6.03. The van der Waals surface area contributed by atoms with Crippen molar-refractivity contribution in [2.75, 3.05) is 7.05 Å². The number of carbonyl (C=O) groups excluding carboxylic acids is 1. The van der Waals surface area contributed by atoms with Crippen molar-refractivity contribution < 1.29 is 4.79 Å². The molecule has 0 saturated carbocycles. The van der Waals surface area contributed by atoms with Crippen LogP contribution in [0.15, 0.2) is 54.6 Å². The van der Waals surface area contributed by atoms with Gasteiger partial charge < -0.3 is 4.90 Å². The van der Waals surface area contributed by atoms with E-state index in [2.05, 4.69) is 19.1 Å². The molecule has 0 aliphatic carbocycles. The van der Waals surface area contributed by atoms with Crippen LogP contribution in [0.2, 0.25) is 0 Å². The largest absolute Gasteiger partial charge is 0.337 e. The van der Waals surface area contributed by atoms with Crippen molar-refractivity contribution in [3.05, 3.63) is 71.3 Å². The Morgan fingerprint density at radius 2 is 1.61 bits per heavy atom. The van der Waals surface area contributed by atoms with Gasteiger partial charge in [0.05, 0.1) is 0 Å². The van der Waals surface area contributed by atoms with Crippen molar-refractivity contribution in [2.45, 2.75) is 13.5 Å². The molecule has 0 bridgehead atoms. The Bertz CT molecular complexity index is 534. The van der Waals surface area contributed by atoms with Crippen LogP contribution in [0.4, 0.5) is 0 Å². The Morgan fingerprint density at radius 1 is 1.00 bits per heavy atom. The van der Waals surface area contributed by atoms with E-state index in [9.17, 15) is 4.79 Å². The monoisotopic (exact) mass is 239 g/mol. The number of benzene rings is 2. The quantitative estimate of drug-likeness (QED) is 0.805. The molecule has 0 fully saturated rings. The fourth-order valence-electron chi connectivity index (χ4n) is 1.92. The average Bonchev–Trinajstić information content (AvgIpc) is 2.41. The third-order valence-corrected chi connectivity index (χ3v) is 3.04. The van der Waals surface area contributed by atoms with Crippen molar-refractivity contribution >= 4 is 5.91 Å². The van der Waals surface area contributed by atoms with Gasteiger partial charge in [-0.05, 0) is 30.2 Å². The molecule has 92 valence electrons. The topological polar surface area (TPSA) is 20.3 Å². The minimum absolute atomic E-state index is 0.0545. The van der Waals surface area contributed by atoms with E-state index in [0.717, 1.165) is 5.56 Å². The standard InChI is InChI=1S/C16H17NO/c1-13-8-6-7-11-15(13)12-17(2)16(18)14-9-4-3-5-10-14/h3-11H,12H2,1-2H3. The molecule has 0 N–H and O–H groups in total. The SMILES string of the molecule is Cc1ccccc1CN(C)C(=O)c1ccccc1. The van der Waals surface area contributed by atoms with Gasteiger partial charge in [0.25, 0.3) is 5.91 Å². The second-order valence-corrected chi connectivity index (χ2v) is 4.45. The van der Waals surface area contributed by atoms with E-state index >= 15 is 0 Å². The van der Waals surface area contributed by atoms with Gasteiger partial charge in [0, 0.05) is 19.2 Å². The average molecular weight is 239 g/mol. The minimum atomic E-state index is 0.0545. The summed E-state index contributed by atoms with van der Waals surface area (Å²) in [6.45, 7) is 2.70. The van der Waals surface area contributed by atoms with E-state index in [1.54, 1.807) is 4.90 Å². The molecule has 18 heavy (non-hydrogen) atoms. The second-order valence-electron chi connectivity index (χ2n) is 4.45. The van der Waals surface area contributed by atoms with Crippen LogP contribution in [0.1, 0.15) is 21.5 Å². The summed E-state index contributed by atoms with van der Waals surface area (Å²) in [5.41, 5.74) is 3.13. The van der Waals surface area contributed by atoms with Crippen LogP contribution < -0.4 is 0 Å². The lowest BCUT2D eigenvalue weighted by Gasteiger charge is -2.18. The maximum Gasteiger partial charge on any atom is 0.253 e. The number of carbonyl (C=O) groups is 1. The normalized spacial score (nSPS) is 10.1. The summed E-state index contributed by atoms with van der Waals surface area (Å²) in [4.78, 5) is 13.9. The maximum atomic E-state index is 12.2. The fourth-order valence-corrected chi connectivity index (χ4v) is 1.92. The number of rotatable bonds is 3. The summed E-state index contributed by atoms with van der Waals surface area (Å²) in [5.74, 6) is 0.0545. The van der Waals surface area contributed by atoms with E-state index < -0.39 is 0 Å². The Labute approximate surface area is 108 Å². The summed E-state index contributed by atoms with van der Waals surface area (Å²) in [7, 11) is 1.84. The lowest BCUT2D eigenvalue weighted by molar-refractivity contribution is 0.0785. The third kappa shape index (κ3) is 2.77. The first kappa shape index (κ1) is 12.4. The summed E-state index contributed by atoms with van der Waals surface area (Å²) in [5, 5.41) is 0. The fraction of sp³-hybridized carbons (Fsp3) is 0.188. The third-order valence-electron chi connectivity index (χ3n) is 3.04. The molecule has 0 aliphatic rings. The number of hydrogen-bond acceptors (Lipinski definition) is 1.